The zero-order valence-electron chi connectivity index (χ0n) is 9.60. The van der Waals surface area contributed by atoms with Crippen LogP contribution in [-0.4, -0.2) is 19.6 Å². The van der Waals surface area contributed by atoms with Crippen molar-refractivity contribution in [3.63, 3.8) is 0 Å². The molecule has 2 rings (SSSR count). The summed E-state index contributed by atoms with van der Waals surface area (Å²) in [7, 11) is 0. The summed E-state index contributed by atoms with van der Waals surface area (Å²) in [6, 6.07) is 2.00. The number of nitrogens with zero attached hydrogens (tertiary/aromatic N) is 4. The second-order valence-electron chi connectivity index (χ2n) is 4.40. The van der Waals surface area contributed by atoms with Gasteiger partial charge in [0, 0.05) is 17.7 Å². The third-order valence-electron chi connectivity index (χ3n) is 2.38. The third-order valence-corrected chi connectivity index (χ3v) is 2.38. The highest BCUT2D eigenvalue weighted by Gasteiger charge is 2.09. The Morgan fingerprint density at radius 2 is 1.87 bits per heavy atom. The quantitative estimate of drug-likeness (QED) is 0.754. The van der Waals surface area contributed by atoms with E-state index >= 15 is 0 Å². The minimum atomic E-state index is 0.354. The van der Waals surface area contributed by atoms with Gasteiger partial charge in [-0.2, -0.15) is 0 Å². The molecule has 0 fully saturated rings. The topological polar surface area (TPSA) is 43.1 Å². The van der Waals surface area contributed by atoms with E-state index in [4.69, 9.17) is 0 Å². The van der Waals surface area contributed by atoms with Gasteiger partial charge in [0.05, 0.1) is 0 Å². The van der Waals surface area contributed by atoms with Gasteiger partial charge in [-0.25, -0.2) is 14.5 Å². The molecule has 0 unspecified atom stereocenters. The Labute approximate surface area is 89.4 Å². The van der Waals surface area contributed by atoms with Crippen molar-refractivity contribution in [2.24, 2.45) is 0 Å². The average molecular weight is 204 g/mol. The second kappa shape index (κ2) is 3.61. The molecule has 0 N–H and O–H groups in total. The standard InChI is InChI=1S/C11H16N4/c1-7(2)9-5-10-13-11(8(3)4)14-15(10)6-12-9/h5-8H,1-4H3. The summed E-state index contributed by atoms with van der Waals surface area (Å²) in [5, 5.41) is 4.36. The zero-order valence-corrected chi connectivity index (χ0v) is 9.60. The zero-order chi connectivity index (χ0) is 11.0. The molecule has 0 atom stereocenters. The Bertz CT molecular complexity index is 464. The first-order valence-electron chi connectivity index (χ1n) is 5.30. The van der Waals surface area contributed by atoms with Crippen molar-refractivity contribution < 1.29 is 0 Å². The first-order valence-corrected chi connectivity index (χ1v) is 5.30. The molecule has 0 radical (unpaired) electrons. The van der Waals surface area contributed by atoms with Gasteiger partial charge < -0.3 is 0 Å². The van der Waals surface area contributed by atoms with Gasteiger partial charge in [-0.1, -0.05) is 27.7 Å². The van der Waals surface area contributed by atoms with E-state index in [1.54, 1.807) is 10.8 Å². The third kappa shape index (κ3) is 1.84. The van der Waals surface area contributed by atoms with Crippen molar-refractivity contribution in [3.05, 3.63) is 23.9 Å². The van der Waals surface area contributed by atoms with E-state index in [9.17, 15) is 0 Å². The Kier molecular flexibility index (Phi) is 2.42. The molecule has 0 amide bonds. The molecule has 2 aromatic heterocycles. The van der Waals surface area contributed by atoms with Gasteiger partial charge in [0.1, 0.15) is 6.33 Å². The van der Waals surface area contributed by atoms with Crippen molar-refractivity contribution in [2.75, 3.05) is 0 Å². The van der Waals surface area contributed by atoms with E-state index in [-0.39, 0.29) is 0 Å². The fourth-order valence-electron chi connectivity index (χ4n) is 1.39. The van der Waals surface area contributed by atoms with Gasteiger partial charge in [0.15, 0.2) is 11.5 Å². The maximum atomic E-state index is 4.47. The fraction of sp³-hybridized carbons (Fsp3) is 0.545. The highest BCUT2D eigenvalue weighted by Crippen LogP contribution is 2.14. The summed E-state index contributed by atoms with van der Waals surface area (Å²) in [5.41, 5.74) is 1.95. The van der Waals surface area contributed by atoms with Gasteiger partial charge in [-0.3, -0.25) is 0 Å². The van der Waals surface area contributed by atoms with Crippen LogP contribution in [0, 0.1) is 0 Å². The first kappa shape index (κ1) is 10.1. The minimum absolute atomic E-state index is 0.354. The van der Waals surface area contributed by atoms with E-state index < -0.39 is 0 Å². The van der Waals surface area contributed by atoms with Crippen LogP contribution in [0.1, 0.15) is 51.0 Å². The summed E-state index contributed by atoms with van der Waals surface area (Å²) in [6.07, 6.45) is 1.74. The Balaban J connectivity index is 2.52. The molecule has 4 nitrogen and oxygen atoms in total. The Hall–Kier alpha value is -1.45. The molecule has 0 bridgehead atoms. The van der Waals surface area contributed by atoms with Crippen LogP contribution in [0.25, 0.3) is 5.65 Å². The molecule has 0 aliphatic rings. The molecule has 0 aromatic carbocycles. The van der Waals surface area contributed by atoms with Crippen molar-refractivity contribution in [2.45, 2.75) is 39.5 Å². The molecule has 0 spiro atoms. The van der Waals surface area contributed by atoms with E-state index in [1.165, 1.54) is 0 Å². The summed E-state index contributed by atoms with van der Waals surface area (Å²) >= 11 is 0. The van der Waals surface area contributed by atoms with Crippen LogP contribution in [0.3, 0.4) is 0 Å². The van der Waals surface area contributed by atoms with Gasteiger partial charge in [0.2, 0.25) is 0 Å². The molecule has 15 heavy (non-hydrogen) atoms. The van der Waals surface area contributed by atoms with Gasteiger partial charge in [-0.15, -0.1) is 5.10 Å². The van der Waals surface area contributed by atoms with Gasteiger partial charge in [0.25, 0.3) is 0 Å². The number of hydrogen-bond acceptors (Lipinski definition) is 3. The largest absolute Gasteiger partial charge is 0.241 e. The van der Waals surface area contributed by atoms with E-state index in [2.05, 4.69) is 42.8 Å². The van der Waals surface area contributed by atoms with E-state index in [1.807, 2.05) is 6.07 Å². The van der Waals surface area contributed by atoms with Crippen LogP contribution >= 0.6 is 0 Å². The number of hydrogen-bond donors (Lipinski definition) is 0. The van der Waals surface area contributed by atoms with Crippen LogP contribution in [0.5, 0.6) is 0 Å². The summed E-state index contributed by atoms with van der Waals surface area (Å²) < 4.78 is 1.74. The van der Waals surface area contributed by atoms with Crippen LogP contribution in [-0.2, 0) is 0 Å². The number of aromatic nitrogens is 4. The molecule has 80 valence electrons. The molecule has 0 saturated carbocycles. The molecule has 0 aliphatic carbocycles. The molecule has 2 heterocycles. The lowest BCUT2D eigenvalue weighted by Gasteiger charge is -2.02. The smallest absolute Gasteiger partial charge is 0.159 e. The molecular formula is C11H16N4. The highest BCUT2D eigenvalue weighted by atomic mass is 15.3. The van der Waals surface area contributed by atoms with Crippen LogP contribution in [0.4, 0.5) is 0 Å². The maximum absolute atomic E-state index is 4.47. The fourth-order valence-corrected chi connectivity index (χ4v) is 1.39. The Morgan fingerprint density at radius 3 is 2.47 bits per heavy atom. The van der Waals surface area contributed by atoms with E-state index in [0.29, 0.717) is 11.8 Å². The van der Waals surface area contributed by atoms with Crippen LogP contribution < -0.4 is 0 Å². The minimum Gasteiger partial charge on any atom is -0.241 e. The van der Waals surface area contributed by atoms with Crippen LogP contribution in [0.15, 0.2) is 12.4 Å². The number of fused-ring (bicyclic) bond motifs is 1. The van der Waals surface area contributed by atoms with Crippen molar-refractivity contribution in [1.29, 1.82) is 0 Å². The lowest BCUT2D eigenvalue weighted by Crippen LogP contribution is -1.96. The van der Waals surface area contributed by atoms with Crippen molar-refractivity contribution in [1.82, 2.24) is 19.6 Å². The molecule has 0 aliphatic heterocycles. The van der Waals surface area contributed by atoms with E-state index in [0.717, 1.165) is 17.2 Å². The second-order valence-corrected chi connectivity index (χ2v) is 4.40. The monoisotopic (exact) mass is 204 g/mol. The average Bonchev–Trinajstić information content (AvgIpc) is 2.59. The first-order chi connectivity index (χ1) is 7.08. The lowest BCUT2D eigenvalue weighted by molar-refractivity contribution is 0.754. The summed E-state index contributed by atoms with van der Waals surface area (Å²) in [6.45, 7) is 8.42. The highest BCUT2D eigenvalue weighted by molar-refractivity contribution is 5.38. The maximum Gasteiger partial charge on any atom is 0.159 e. The van der Waals surface area contributed by atoms with Crippen molar-refractivity contribution >= 4 is 5.65 Å². The Morgan fingerprint density at radius 1 is 1.13 bits per heavy atom. The summed E-state index contributed by atoms with van der Waals surface area (Å²) in [5.74, 6) is 1.65. The van der Waals surface area contributed by atoms with Gasteiger partial charge >= 0.3 is 0 Å². The SMILES string of the molecule is CC(C)c1cc2nc(C(C)C)nn2cn1. The molecule has 0 saturated heterocycles. The summed E-state index contributed by atoms with van der Waals surface area (Å²) in [4.78, 5) is 8.81. The predicted octanol–water partition coefficient (Wildman–Crippen LogP) is 2.37. The van der Waals surface area contributed by atoms with Gasteiger partial charge in [-0.05, 0) is 5.92 Å². The lowest BCUT2D eigenvalue weighted by atomic mass is 10.1. The molecular weight excluding hydrogens is 188 g/mol. The normalized spacial score (nSPS) is 11.9. The van der Waals surface area contributed by atoms with Crippen LogP contribution in [0.2, 0.25) is 0 Å². The van der Waals surface area contributed by atoms with Crippen molar-refractivity contribution in [3.8, 4) is 0 Å². The molecule has 4 heteroatoms. The predicted molar refractivity (Wildman–Crippen MR) is 59.0 cm³/mol. The number of rotatable bonds is 2. The molecule has 2 aromatic rings.